The molecule has 0 aromatic heterocycles. The molecule has 4 heteroatoms. The summed E-state index contributed by atoms with van der Waals surface area (Å²) in [5.74, 6) is 2.19. The molecule has 1 N–H and O–H groups in total. The molecule has 1 aliphatic carbocycles. The normalized spacial score (nSPS) is 24.3. The van der Waals surface area contributed by atoms with Gasteiger partial charge in [0.2, 0.25) is 0 Å². The van der Waals surface area contributed by atoms with Gasteiger partial charge in [-0.25, -0.2) is 0 Å². The van der Waals surface area contributed by atoms with Gasteiger partial charge in [-0.3, -0.25) is 0 Å². The maximum absolute atomic E-state index is 8.71. The Kier molecular flexibility index (Phi) is 7.70. The highest BCUT2D eigenvalue weighted by molar-refractivity contribution is 5.56. The van der Waals surface area contributed by atoms with E-state index in [0.29, 0.717) is 24.9 Å². The van der Waals surface area contributed by atoms with Crippen molar-refractivity contribution in [2.75, 3.05) is 7.11 Å². The van der Waals surface area contributed by atoms with Crippen LogP contribution in [-0.2, 0) is 11.3 Å². The maximum atomic E-state index is 8.71. The molecule has 0 radical (unpaired) electrons. The second-order valence-corrected chi connectivity index (χ2v) is 7.83. The highest BCUT2D eigenvalue weighted by Crippen LogP contribution is 2.41. The van der Waals surface area contributed by atoms with Crippen LogP contribution >= 0.6 is 0 Å². The Morgan fingerprint density at radius 1 is 1.31 bits per heavy atom. The maximum Gasteiger partial charge on any atom is 0.118 e. The Bertz CT molecular complexity index is 594. The van der Waals surface area contributed by atoms with Crippen LogP contribution in [0.5, 0.6) is 5.75 Å². The van der Waals surface area contributed by atoms with Gasteiger partial charge in [-0.15, -0.1) is 5.16 Å². The molecule has 4 nitrogen and oxygen atoms in total. The molecule has 0 spiro atoms. The molecular formula is C22H33NO3. The van der Waals surface area contributed by atoms with E-state index < -0.39 is 0 Å². The molecule has 0 amide bonds. The number of rotatable bonds is 9. The van der Waals surface area contributed by atoms with Crippen LogP contribution in [0.25, 0.3) is 0 Å². The van der Waals surface area contributed by atoms with Crippen LogP contribution in [0.1, 0.15) is 52.0 Å². The van der Waals surface area contributed by atoms with Gasteiger partial charge < -0.3 is 14.7 Å². The highest BCUT2D eigenvalue weighted by Gasteiger charge is 2.35. The molecule has 1 aliphatic rings. The molecule has 2 rings (SSSR count). The number of oxime groups is 1. The number of nitrogens with zero attached hydrogens (tertiary/aromatic N) is 1. The predicted octanol–water partition coefficient (Wildman–Crippen LogP) is 5.45. The van der Waals surface area contributed by atoms with Crippen molar-refractivity contribution in [1.29, 1.82) is 0 Å². The summed E-state index contributed by atoms with van der Waals surface area (Å²) >= 11 is 0. The van der Waals surface area contributed by atoms with Crippen molar-refractivity contribution in [2.45, 2.75) is 59.2 Å². The number of hydrogen-bond donors (Lipinski definition) is 1. The zero-order valence-corrected chi connectivity index (χ0v) is 16.5. The van der Waals surface area contributed by atoms with Gasteiger partial charge >= 0.3 is 0 Å². The Morgan fingerprint density at radius 3 is 2.58 bits per heavy atom. The lowest BCUT2D eigenvalue weighted by Crippen LogP contribution is -2.36. The fraction of sp³-hybridized carbons (Fsp3) is 0.591. The molecule has 0 fully saturated rings. The Hall–Kier alpha value is -1.81. The number of ether oxygens (including phenoxy) is 2. The van der Waals surface area contributed by atoms with E-state index in [1.54, 1.807) is 13.3 Å². The Balaban J connectivity index is 2.05. The summed E-state index contributed by atoms with van der Waals surface area (Å²) in [4.78, 5) is 0. The van der Waals surface area contributed by atoms with E-state index in [0.717, 1.165) is 24.2 Å². The quantitative estimate of drug-likeness (QED) is 0.276. The fourth-order valence-electron chi connectivity index (χ4n) is 3.63. The van der Waals surface area contributed by atoms with E-state index in [1.807, 2.05) is 24.3 Å². The molecule has 1 aromatic rings. The molecule has 0 bridgehead atoms. The second kappa shape index (κ2) is 9.77. The summed E-state index contributed by atoms with van der Waals surface area (Å²) in [5.41, 5.74) is 1.15. The fourth-order valence-corrected chi connectivity index (χ4v) is 3.63. The Labute approximate surface area is 157 Å². The van der Waals surface area contributed by atoms with Crippen molar-refractivity contribution in [3.8, 4) is 5.75 Å². The summed E-state index contributed by atoms with van der Waals surface area (Å²) in [6.07, 6.45) is 10.2. The lowest BCUT2D eigenvalue weighted by atomic mass is 9.70. The molecular weight excluding hydrogens is 326 g/mol. The van der Waals surface area contributed by atoms with E-state index in [2.05, 4.69) is 38.1 Å². The highest BCUT2D eigenvalue weighted by atomic mass is 16.5. The van der Waals surface area contributed by atoms with Gasteiger partial charge in [0, 0.05) is 11.6 Å². The first-order valence-corrected chi connectivity index (χ1v) is 9.58. The van der Waals surface area contributed by atoms with E-state index in [-0.39, 0.29) is 11.5 Å². The summed E-state index contributed by atoms with van der Waals surface area (Å²) in [6, 6.07) is 8.00. The minimum atomic E-state index is 0.0150. The third kappa shape index (κ3) is 5.60. The van der Waals surface area contributed by atoms with Crippen molar-refractivity contribution < 1.29 is 14.7 Å². The molecule has 0 heterocycles. The lowest BCUT2D eigenvalue weighted by Gasteiger charge is -2.39. The average Bonchev–Trinajstić information content (AvgIpc) is 2.65. The van der Waals surface area contributed by atoms with Crippen LogP contribution in [0.2, 0.25) is 0 Å². The lowest BCUT2D eigenvalue weighted by molar-refractivity contribution is -0.0346. The van der Waals surface area contributed by atoms with Crippen molar-refractivity contribution in [1.82, 2.24) is 0 Å². The van der Waals surface area contributed by atoms with Crippen LogP contribution in [0.15, 0.2) is 41.6 Å². The first kappa shape index (κ1) is 20.5. The molecule has 1 aromatic carbocycles. The summed E-state index contributed by atoms with van der Waals surface area (Å²) in [6.45, 7) is 7.43. The van der Waals surface area contributed by atoms with Gasteiger partial charge in [-0.1, -0.05) is 45.1 Å². The number of allylic oxidation sites excluding steroid dienone is 1. The van der Waals surface area contributed by atoms with Crippen LogP contribution in [0.3, 0.4) is 0 Å². The first-order chi connectivity index (χ1) is 12.5. The molecule has 144 valence electrons. The monoisotopic (exact) mass is 359 g/mol. The molecule has 3 atom stereocenters. The molecule has 0 aliphatic heterocycles. The van der Waals surface area contributed by atoms with Gasteiger partial charge in [0.15, 0.2) is 0 Å². The second-order valence-electron chi connectivity index (χ2n) is 7.83. The standard InChI is InChI=1S/C22H33NO3/c1-17(2)19-11-13-22(3,14-12-19)21(6-5-15-23-24)26-16-18-7-9-20(25-4)10-8-18/h7-11,13,15,17,19,21,24H,5-6,12,14,16H2,1-4H3/b23-15+/t19-,21-,22+/m1/s1. The van der Waals surface area contributed by atoms with Crippen LogP contribution in [0, 0.1) is 17.3 Å². The largest absolute Gasteiger partial charge is 0.497 e. The van der Waals surface area contributed by atoms with Gasteiger partial charge in [-0.05, 0) is 55.2 Å². The first-order valence-electron chi connectivity index (χ1n) is 9.58. The Morgan fingerprint density at radius 2 is 2.04 bits per heavy atom. The van der Waals surface area contributed by atoms with Crippen LogP contribution < -0.4 is 4.74 Å². The van der Waals surface area contributed by atoms with Gasteiger partial charge in [0.1, 0.15) is 5.75 Å². The topological polar surface area (TPSA) is 51.0 Å². The van der Waals surface area contributed by atoms with E-state index in [1.165, 1.54) is 6.42 Å². The smallest absolute Gasteiger partial charge is 0.118 e. The minimum absolute atomic E-state index is 0.0150. The van der Waals surface area contributed by atoms with Crippen molar-refractivity contribution in [2.24, 2.45) is 22.4 Å². The number of hydrogen-bond acceptors (Lipinski definition) is 4. The summed E-state index contributed by atoms with van der Waals surface area (Å²) < 4.78 is 11.6. The molecule has 26 heavy (non-hydrogen) atoms. The minimum Gasteiger partial charge on any atom is -0.497 e. The predicted molar refractivity (Wildman–Crippen MR) is 106 cm³/mol. The number of benzene rings is 1. The summed E-state index contributed by atoms with van der Waals surface area (Å²) in [7, 11) is 1.67. The zero-order chi connectivity index (χ0) is 19.0. The zero-order valence-electron chi connectivity index (χ0n) is 16.5. The van der Waals surface area contributed by atoms with E-state index in [4.69, 9.17) is 14.7 Å². The third-order valence-corrected chi connectivity index (χ3v) is 5.58. The molecule has 0 unspecified atom stereocenters. The third-order valence-electron chi connectivity index (χ3n) is 5.58. The van der Waals surface area contributed by atoms with Crippen molar-refractivity contribution >= 4 is 6.21 Å². The number of methoxy groups -OCH3 is 1. The molecule has 0 saturated heterocycles. The van der Waals surface area contributed by atoms with Gasteiger partial charge in [0.05, 0.1) is 19.8 Å². The SMILES string of the molecule is COc1ccc(CO[C@H](CC/C=N/O)[C@@]2(C)C=C[C@@H](C(C)C)CC2)cc1. The van der Waals surface area contributed by atoms with Crippen molar-refractivity contribution in [3.05, 3.63) is 42.0 Å². The summed E-state index contributed by atoms with van der Waals surface area (Å²) in [5, 5.41) is 11.8. The van der Waals surface area contributed by atoms with Gasteiger partial charge in [0.25, 0.3) is 0 Å². The van der Waals surface area contributed by atoms with Crippen LogP contribution in [-0.4, -0.2) is 24.6 Å². The van der Waals surface area contributed by atoms with Crippen molar-refractivity contribution in [3.63, 3.8) is 0 Å². The van der Waals surface area contributed by atoms with Crippen LogP contribution in [0.4, 0.5) is 0 Å². The molecule has 0 saturated carbocycles. The van der Waals surface area contributed by atoms with E-state index >= 15 is 0 Å². The average molecular weight is 360 g/mol. The van der Waals surface area contributed by atoms with E-state index in [9.17, 15) is 0 Å². The van der Waals surface area contributed by atoms with Gasteiger partial charge in [-0.2, -0.15) is 0 Å².